The van der Waals surface area contributed by atoms with Gasteiger partial charge in [0.05, 0.1) is 5.25 Å². The lowest BCUT2D eigenvalue weighted by Gasteiger charge is -2.20. The molecule has 1 amide bonds. The first-order valence-electron chi connectivity index (χ1n) is 6.08. The van der Waals surface area contributed by atoms with Crippen LogP contribution in [0.2, 0.25) is 5.02 Å². The Bertz CT molecular complexity index is 447. The van der Waals surface area contributed by atoms with Crippen LogP contribution in [0.1, 0.15) is 19.8 Å². The molecule has 1 saturated heterocycles. The van der Waals surface area contributed by atoms with Crippen LogP contribution < -0.4 is 5.73 Å². The van der Waals surface area contributed by atoms with Crippen molar-refractivity contribution in [3.63, 3.8) is 0 Å². The monoisotopic (exact) mass is 284 g/mol. The van der Waals surface area contributed by atoms with E-state index in [0.29, 0.717) is 10.7 Å². The summed E-state index contributed by atoms with van der Waals surface area (Å²) in [6.07, 6.45) is 2.23. The van der Waals surface area contributed by atoms with Gasteiger partial charge in [-0.25, -0.2) is 0 Å². The van der Waals surface area contributed by atoms with Crippen molar-refractivity contribution in [1.29, 1.82) is 0 Å². The largest absolute Gasteiger partial charge is 0.398 e. The van der Waals surface area contributed by atoms with Crippen LogP contribution in [0, 0.1) is 0 Å². The maximum absolute atomic E-state index is 12.2. The second kappa shape index (κ2) is 5.85. The van der Waals surface area contributed by atoms with E-state index in [1.54, 1.807) is 12.1 Å². The van der Waals surface area contributed by atoms with E-state index < -0.39 is 0 Å². The predicted molar refractivity (Wildman–Crippen MR) is 77.0 cm³/mol. The highest BCUT2D eigenvalue weighted by Gasteiger charge is 2.24. The van der Waals surface area contributed by atoms with E-state index in [1.165, 1.54) is 11.8 Å². The zero-order chi connectivity index (χ0) is 13.1. The van der Waals surface area contributed by atoms with Crippen molar-refractivity contribution >= 4 is 35.0 Å². The summed E-state index contributed by atoms with van der Waals surface area (Å²) in [6.45, 7) is 3.71. The van der Waals surface area contributed by atoms with Crippen LogP contribution in [0.15, 0.2) is 23.1 Å². The van der Waals surface area contributed by atoms with E-state index in [9.17, 15) is 4.79 Å². The summed E-state index contributed by atoms with van der Waals surface area (Å²) >= 11 is 7.35. The van der Waals surface area contributed by atoms with Crippen LogP contribution in [0.5, 0.6) is 0 Å². The molecule has 1 aromatic rings. The lowest BCUT2D eigenvalue weighted by Crippen LogP contribution is -2.34. The third kappa shape index (κ3) is 3.12. The summed E-state index contributed by atoms with van der Waals surface area (Å²) in [5, 5.41) is 0.516. The first-order chi connectivity index (χ1) is 8.58. The molecule has 98 valence electrons. The molecule has 2 N–H and O–H groups in total. The molecule has 5 heteroatoms. The molecule has 1 aliphatic heterocycles. The number of nitrogens with zero attached hydrogens (tertiary/aromatic N) is 1. The summed E-state index contributed by atoms with van der Waals surface area (Å²) in [5.41, 5.74) is 6.53. The molecule has 0 aromatic heterocycles. The molecule has 1 atom stereocenters. The van der Waals surface area contributed by atoms with Crippen molar-refractivity contribution in [2.24, 2.45) is 0 Å². The van der Waals surface area contributed by atoms with Crippen molar-refractivity contribution in [3.05, 3.63) is 23.2 Å². The number of rotatable bonds is 3. The van der Waals surface area contributed by atoms with Crippen molar-refractivity contribution in [3.8, 4) is 0 Å². The van der Waals surface area contributed by atoms with Crippen LogP contribution in [-0.2, 0) is 4.79 Å². The fourth-order valence-corrected chi connectivity index (χ4v) is 3.22. The van der Waals surface area contributed by atoms with E-state index in [4.69, 9.17) is 17.3 Å². The molecule has 18 heavy (non-hydrogen) atoms. The number of nitrogen functional groups attached to an aromatic ring is 1. The smallest absolute Gasteiger partial charge is 0.235 e. The molecule has 1 unspecified atom stereocenters. The summed E-state index contributed by atoms with van der Waals surface area (Å²) in [6, 6.07) is 5.39. The molecule has 1 fully saturated rings. The lowest BCUT2D eigenvalue weighted by molar-refractivity contribution is -0.129. The molecule has 0 radical (unpaired) electrons. The minimum Gasteiger partial charge on any atom is -0.398 e. The Kier molecular flexibility index (Phi) is 4.40. The van der Waals surface area contributed by atoms with E-state index in [-0.39, 0.29) is 11.2 Å². The minimum absolute atomic E-state index is 0.105. The molecule has 0 bridgehead atoms. The summed E-state index contributed by atoms with van der Waals surface area (Å²) in [5.74, 6) is 0.201. The van der Waals surface area contributed by atoms with Gasteiger partial charge in [-0.05, 0) is 38.0 Å². The quantitative estimate of drug-likeness (QED) is 0.685. The highest BCUT2D eigenvalue weighted by atomic mass is 35.5. The first kappa shape index (κ1) is 13.6. The normalized spacial score (nSPS) is 16.9. The van der Waals surface area contributed by atoms with Crippen LogP contribution >= 0.6 is 23.4 Å². The Morgan fingerprint density at radius 1 is 1.44 bits per heavy atom. The Labute approximate surface area is 117 Å². The molecule has 1 aliphatic rings. The molecule has 0 spiro atoms. The van der Waals surface area contributed by atoms with Crippen LogP contribution in [0.25, 0.3) is 0 Å². The van der Waals surface area contributed by atoms with Gasteiger partial charge in [0, 0.05) is 28.7 Å². The van der Waals surface area contributed by atoms with Gasteiger partial charge in [-0.3, -0.25) is 4.79 Å². The average molecular weight is 285 g/mol. The highest BCUT2D eigenvalue weighted by Crippen LogP contribution is 2.31. The number of hydrogen-bond acceptors (Lipinski definition) is 3. The highest BCUT2D eigenvalue weighted by molar-refractivity contribution is 8.00. The number of carbonyl (C=O) groups excluding carboxylic acids is 1. The first-order valence-corrected chi connectivity index (χ1v) is 7.34. The van der Waals surface area contributed by atoms with E-state index in [1.807, 2.05) is 17.9 Å². The third-order valence-electron chi connectivity index (χ3n) is 3.04. The van der Waals surface area contributed by atoms with Gasteiger partial charge in [-0.2, -0.15) is 0 Å². The van der Waals surface area contributed by atoms with Crippen molar-refractivity contribution < 1.29 is 4.79 Å². The fourth-order valence-electron chi connectivity index (χ4n) is 2.06. The zero-order valence-electron chi connectivity index (χ0n) is 10.4. The molecule has 0 saturated carbocycles. The second-order valence-electron chi connectivity index (χ2n) is 4.47. The van der Waals surface area contributed by atoms with Crippen LogP contribution in [0.4, 0.5) is 5.69 Å². The van der Waals surface area contributed by atoms with Gasteiger partial charge in [0.1, 0.15) is 0 Å². The number of carbonyl (C=O) groups is 1. The Hall–Kier alpha value is -0.870. The van der Waals surface area contributed by atoms with Gasteiger partial charge in [-0.1, -0.05) is 11.6 Å². The maximum atomic E-state index is 12.2. The summed E-state index contributed by atoms with van der Waals surface area (Å²) < 4.78 is 0. The standard InChI is InChI=1S/C13H17ClN2OS/c1-9(13(17)16-6-2-3-7-16)18-12-5-4-10(14)8-11(12)15/h4-5,8-9H,2-3,6-7,15H2,1H3. The van der Waals surface area contributed by atoms with Gasteiger partial charge >= 0.3 is 0 Å². The predicted octanol–water partition coefficient (Wildman–Crippen LogP) is 3.03. The molecule has 3 nitrogen and oxygen atoms in total. The van der Waals surface area contributed by atoms with Gasteiger partial charge < -0.3 is 10.6 Å². The molecule has 1 aromatic carbocycles. The lowest BCUT2D eigenvalue weighted by atomic mass is 10.3. The number of hydrogen-bond donors (Lipinski definition) is 1. The third-order valence-corrected chi connectivity index (χ3v) is 4.46. The molecular formula is C13H17ClN2OS. The zero-order valence-corrected chi connectivity index (χ0v) is 11.9. The van der Waals surface area contributed by atoms with Gasteiger partial charge in [0.2, 0.25) is 5.91 Å². The number of halogens is 1. The average Bonchev–Trinajstić information content (AvgIpc) is 2.85. The van der Waals surface area contributed by atoms with Crippen molar-refractivity contribution in [2.75, 3.05) is 18.8 Å². The van der Waals surface area contributed by atoms with E-state index in [0.717, 1.165) is 30.8 Å². The maximum Gasteiger partial charge on any atom is 0.235 e. The topological polar surface area (TPSA) is 46.3 Å². The minimum atomic E-state index is -0.105. The number of benzene rings is 1. The summed E-state index contributed by atoms with van der Waals surface area (Å²) in [4.78, 5) is 15.0. The number of anilines is 1. The summed E-state index contributed by atoms with van der Waals surface area (Å²) in [7, 11) is 0. The van der Waals surface area contributed by atoms with Gasteiger partial charge in [-0.15, -0.1) is 11.8 Å². The molecule has 0 aliphatic carbocycles. The number of likely N-dealkylation sites (tertiary alicyclic amines) is 1. The van der Waals surface area contributed by atoms with Gasteiger partial charge in [0.15, 0.2) is 0 Å². The van der Waals surface area contributed by atoms with Crippen LogP contribution in [-0.4, -0.2) is 29.1 Å². The number of nitrogens with two attached hydrogens (primary N) is 1. The Morgan fingerprint density at radius 3 is 2.72 bits per heavy atom. The van der Waals surface area contributed by atoms with Crippen molar-refractivity contribution in [2.45, 2.75) is 29.9 Å². The SMILES string of the molecule is CC(Sc1ccc(Cl)cc1N)C(=O)N1CCCC1. The second-order valence-corrected chi connectivity index (χ2v) is 6.29. The number of thioether (sulfide) groups is 1. The molecule has 1 heterocycles. The Balaban J connectivity index is 2.01. The van der Waals surface area contributed by atoms with Crippen LogP contribution in [0.3, 0.4) is 0 Å². The van der Waals surface area contributed by atoms with Gasteiger partial charge in [0.25, 0.3) is 0 Å². The van der Waals surface area contributed by atoms with E-state index >= 15 is 0 Å². The van der Waals surface area contributed by atoms with E-state index in [2.05, 4.69) is 0 Å². The Morgan fingerprint density at radius 2 is 2.11 bits per heavy atom. The fraction of sp³-hybridized carbons (Fsp3) is 0.462. The molecule has 2 rings (SSSR count). The number of amides is 1. The van der Waals surface area contributed by atoms with Crippen molar-refractivity contribution in [1.82, 2.24) is 4.90 Å². The molecular weight excluding hydrogens is 268 g/mol.